The highest BCUT2D eigenvalue weighted by molar-refractivity contribution is 7.90. The van der Waals surface area contributed by atoms with Gasteiger partial charge >= 0.3 is 0 Å². The van der Waals surface area contributed by atoms with Crippen molar-refractivity contribution >= 4 is 9.84 Å². The van der Waals surface area contributed by atoms with Crippen LogP contribution in [0.3, 0.4) is 0 Å². The van der Waals surface area contributed by atoms with Crippen molar-refractivity contribution in [2.45, 2.75) is 31.2 Å². The van der Waals surface area contributed by atoms with Crippen LogP contribution >= 0.6 is 0 Å². The lowest BCUT2D eigenvalue weighted by atomic mass is 9.96. The Balaban J connectivity index is 1.83. The molecule has 4 nitrogen and oxygen atoms in total. The minimum Gasteiger partial charge on any atom is -0.317 e. The van der Waals surface area contributed by atoms with Crippen molar-refractivity contribution in [1.82, 2.24) is 10.2 Å². The quantitative estimate of drug-likeness (QED) is 0.872. The molecule has 0 unspecified atom stereocenters. The van der Waals surface area contributed by atoms with Crippen LogP contribution in [0.1, 0.15) is 25.3 Å². The van der Waals surface area contributed by atoms with Gasteiger partial charge < -0.3 is 5.32 Å². The molecular formula is C16H26N2O2S. The van der Waals surface area contributed by atoms with Crippen LogP contribution in [0.4, 0.5) is 0 Å². The molecule has 1 N–H and O–H groups in total. The Morgan fingerprint density at radius 3 is 2.33 bits per heavy atom. The molecule has 1 heterocycles. The first-order chi connectivity index (χ1) is 9.99. The highest BCUT2D eigenvalue weighted by atomic mass is 32.2. The molecule has 118 valence electrons. The largest absolute Gasteiger partial charge is 0.317 e. The summed E-state index contributed by atoms with van der Waals surface area (Å²) in [6.07, 6.45) is 3.74. The molecule has 0 saturated carbocycles. The molecule has 1 aromatic rings. The predicted molar refractivity (Wildman–Crippen MR) is 86.1 cm³/mol. The number of hydrogen-bond donors (Lipinski definition) is 1. The van der Waals surface area contributed by atoms with Crippen molar-refractivity contribution in [2.24, 2.45) is 5.92 Å². The molecule has 5 heteroatoms. The number of benzene rings is 1. The third-order valence-corrected chi connectivity index (χ3v) is 5.28. The van der Waals surface area contributed by atoms with Crippen LogP contribution < -0.4 is 5.32 Å². The molecule has 21 heavy (non-hydrogen) atoms. The number of rotatable bonds is 6. The highest BCUT2D eigenvalue weighted by Gasteiger charge is 2.18. The Kier molecular flexibility index (Phi) is 5.79. The first kappa shape index (κ1) is 16.5. The number of nitrogens with one attached hydrogen (secondary N) is 1. The molecule has 1 fully saturated rings. The highest BCUT2D eigenvalue weighted by Crippen LogP contribution is 2.19. The average Bonchev–Trinajstić information content (AvgIpc) is 2.46. The van der Waals surface area contributed by atoms with Crippen LogP contribution in [0, 0.1) is 5.92 Å². The van der Waals surface area contributed by atoms with Crippen LogP contribution in [0.25, 0.3) is 0 Å². The Labute approximate surface area is 128 Å². The summed E-state index contributed by atoms with van der Waals surface area (Å²) in [6, 6.07) is 7.29. The zero-order chi connectivity index (χ0) is 15.3. The van der Waals surface area contributed by atoms with E-state index in [-0.39, 0.29) is 0 Å². The molecule has 0 aromatic heterocycles. The van der Waals surface area contributed by atoms with E-state index in [9.17, 15) is 8.42 Å². The number of nitrogens with zero attached hydrogens (tertiary/aromatic N) is 1. The van der Waals surface area contributed by atoms with Gasteiger partial charge in [0.15, 0.2) is 9.84 Å². The molecule has 0 spiro atoms. The van der Waals surface area contributed by atoms with E-state index in [0.29, 0.717) is 4.90 Å². The van der Waals surface area contributed by atoms with Crippen molar-refractivity contribution in [3.8, 4) is 0 Å². The number of likely N-dealkylation sites (tertiary alicyclic amines) is 1. The summed E-state index contributed by atoms with van der Waals surface area (Å²) >= 11 is 0. The van der Waals surface area contributed by atoms with Crippen molar-refractivity contribution < 1.29 is 8.42 Å². The van der Waals surface area contributed by atoms with Gasteiger partial charge in [0.25, 0.3) is 0 Å². The number of hydrogen-bond acceptors (Lipinski definition) is 4. The topological polar surface area (TPSA) is 49.4 Å². The standard InChI is InChI=1S/C16H26N2O2S/c1-3-17-12-14-8-10-18(11-9-14)13-15-4-6-16(7-5-15)21(2,19)20/h4-7,14,17H,3,8-13H2,1-2H3. The molecule has 0 atom stereocenters. The van der Waals surface area contributed by atoms with Crippen LogP contribution in [0.15, 0.2) is 29.2 Å². The van der Waals surface area contributed by atoms with Gasteiger partial charge in [-0.25, -0.2) is 8.42 Å². The van der Waals surface area contributed by atoms with Crippen LogP contribution in [-0.4, -0.2) is 45.8 Å². The summed E-state index contributed by atoms with van der Waals surface area (Å²) in [7, 11) is -3.09. The van der Waals surface area contributed by atoms with Gasteiger partial charge in [-0.15, -0.1) is 0 Å². The maximum absolute atomic E-state index is 11.4. The van der Waals surface area contributed by atoms with Gasteiger partial charge in [0, 0.05) is 12.8 Å². The molecule has 1 aromatic carbocycles. The first-order valence-electron chi connectivity index (χ1n) is 7.71. The minimum atomic E-state index is -3.09. The molecule has 0 aliphatic carbocycles. The second kappa shape index (κ2) is 7.38. The summed E-state index contributed by atoms with van der Waals surface area (Å²) in [4.78, 5) is 2.85. The summed E-state index contributed by atoms with van der Waals surface area (Å²) in [5.41, 5.74) is 1.19. The van der Waals surface area contributed by atoms with Crippen LogP contribution in [0.2, 0.25) is 0 Å². The smallest absolute Gasteiger partial charge is 0.175 e. The van der Waals surface area contributed by atoms with Gasteiger partial charge in [-0.05, 0) is 62.6 Å². The van der Waals surface area contributed by atoms with E-state index in [1.54, 1.807) is 12.1 Å². The molecule has 1 saturated heterocycles. The summed E-state index contributed by atoms with van der Waals surface area (Å²) < 4.78 is 22.9. The fourth-order valence-electron chi connectivity index (χ4n) is 2.80. The Bertz CT molecular complexity index is 532. The normalized spacial score (nSPS) is 18.0. The van der Waals surface area contributed by atoms with E-state index in [1.165, 1.54) is 24.7 Å². The Morgan fingerprint density at radius 2 is 1.81 bits per heavy atom. The fraction of sp³-hybridized carbons (Fsp3) is 0.625. The number of piperidine rings is 1. The molecule has 2 rings (SSSR count). The zero-order valence-corrected chi connectivity index (χ0v) is 13.8. The van der Waals surface area contributed by atoms with Gasteiger partial charge in [-0.2, -0.15) is 0 Å². The van der Waals surface area contributed by atoms with Gasteiger partial charge in [0.05, 0.1) is 4.90 Å². The maximum atomic E-state index is 11.4. The SMILES string of the molecule is CCNCC1CCN(Cc2ccc(S(C)(=O)=O)cc2)CC1. The lowest BCUT2D eigenvalue weighted by Gasteiger charge is -2.32. The summed E-state index contributed by atoms with van der Waals surface area (Å²) in [5.74, 6) is 0.800. The van der Waals surface area contributed by atoms with Crippen LogP contribution in [-0.2, 0) is 16.4 Å². The molecular weight excluding hydrogens is 284 g/mol. The third-order valence-electron chi connectivity index (χ3n) is 4.15. The van der Waals surface area contributed by atoms with E-state index in [1.807, 2.05) is 12.1 Å². The number of sulfone groups is 1. The van der Waals surface area contributed by atoms with Gasteiger partial charge in [-0.3, -0.25) is 4.90 Å². The van der Waals surface area contributed by atoms with Gasteiger partial charge in [0.1, 0.15) is 0 Å². The molecule has 0 amide bonds. The molecule has 1 aliphatic rings. The molecule has 0 bridgehead atoms. The van der Waals surface area contributed by atoms with Gasteiger partial charge in [0.2, 0.25) is 0 Å². The second-order valence-electron chi connectivity index (χ2n) is 5.94. The second-order valence-corrected chi connectivity index (χ2v) is 7.96. The van der Waals surface area contributed by atoms with E-state index in [0.717, 1.165) is 38.6 Å². The Morgan fingerprint density at radius 1 is 1.19 bits per heavy atom. The lowest BCUT2D eigenvalue weighted by molar-refractivity contribution is 0.176. The molecule has 0 radical (unpaired) electrons. The summed E-state index contributed by atoms with van der Waals surface area (Å²) in [6.45, 7) is 7.50. The van der Waals surface area contributed by atoms with Crippen molar-refractivity contribution in [3.63, 3.8) is 0 Å². The fourth-order valence-corrected chi connectivity index (χ4v) is 3.43. The van der Waals surface area contributed by atoms with Crippen LogP contribution in [0.5, 0.6) is 0 Å². The maximum Gasteiger partial charge on any atom is 0.175 e. The van der Waals surface area contributed by atoms with Crippen molar-refractivity contribution in [2.75, 3.05) is 32.4 Å². The summed E-state index contributed by atoms with van der Waals surface area (Å²) in [5, 5.41) is 3.43. The minimum absolute atomic E-state index is 0.399. The zero-order valence-electron chi connectivity index (χ0n) is 13.0. The predicted octanol–water partition coefficient (Wildman–Crippen LogP) is 1.91. The lowest BCUT2D eigenvalue weighted by Crippen LogP contribution is -2.36. The van der Waals surface area contributed by atoms with E-state index in [2.05, 4.69) is 17.1 Å². The van der Waals surface area contributed by atoms with Gasteiger partial charge in [-0.1, -0.05) is 19.1 Å². The average molecular weight is 310 g/mol. The van der Waals surface area contributed by atoms with Crippen molar-refractivity contribution in [3.05, 3.63) is 29.8 Å². The monoisotopic (exact) mass is 310 g/mol. The molecule has 1 aliphatic heterocycles. The van der Waals surface area contributed by atoms with Crippen molar-refractivity contribution in [1.29, 1.82) is 0 Å². The van der Waals surface area contributed by atoms with E-state index >= 15 is 0 Å². The van der Waals surface area contributed by atoms with E-state index in [4.69, 9.17) is 0 Å². The Hall–Kier alpha value is -0.910. The van der Waals surface area contributed by atoms with E-state index < -0.39 is 9.84 Å². The third kappa shape index (κ3) is 5.09. The first-order valence-corrected chi connectivity index (χ1v) is 9.60.